The van der Waals surface area contributed by atoms with Gasteiger partial charge in [0.25, 0.3) is 0 Å². The summed E-state index contributed by atoms with van der Waals surface area (Å²) in [6.45, 7) is 3.63. The van der Waals surface area contributed by atoms with Gasteiger partial charge in [-0.05, 0) is 37.6 Å². The summed E-state index contributed by atoms with van der Waals surface area (Å²) in [7, 11) is 1.91. The number of benzene rings is 1. The minimum absolute atomic E-state index is 0.194. The normalized spacial score (nSPS) is 12.7. The highest BCUT2D eigenvalue weighted by Crippen LogP contribution is 2.16. The highest BCUT2D eigenvalue weighted by Gasteiger charge is 2.08. The molecule has 1 aromatic carbocycles. The van der Waals surface area contributed by atoms with Gasteiger partial charge in [-0.25, -0.2) is 4.39 Å². The first-order valence-electron chi connectivity index (χ1n) is 5.78. The molecule has 2 nitrogen and oxygen atoms in total. The lowest BCUT2D eigenvalue weighted by molar-refractivity contribution is 0.125. The number of halogens is 1. The molecule has 0 saturated heterocycles. The summed E-state index contributed by atoms with van der Waals surface area (Å²) in [5, 5.41) is 3.21. The standard InChI is InChI=1S/C13H20FNO/c1-3-9-16-10-8-13(15-2)11-4-6-12(14)7-5-11/h4-7,13,15H,3,8-10H2,1-2H3. The Balaban J connectivity index is 2.44. The van der Waals surface area contributed by atoms with E-state index in [1.54, 1.807) is 0 Å². The van der Waals surface area contributed by atoms with Crippen LogP contribution in [0.4, 0.5) is 4.39 Å². The minimum atomic E-state index is -0.194. The Labute approximate surface area is 96.8 Å². The van der Waals surface area contributed by atoms with Crippen LogP contribution in [0, 0.1) is 5.82 Å². The van der Waals surface area contributed by atoms with Crippen LogP contribution in [0.3, 0.4) is 0 Å². The van der Waals surface area contributed by atoms with E-state index in [2.05, 4.69) is 12.2 Å². The lowest BCUT2D eigenvalue weighted by Gasteiger charge is -2.16. The van der Waals surface area contributed by atoms with Crippen molar-refractivity contribution < 1.29 is 9.13 Å². The molecular weight excluding hydrogens is 205 g/mol. The summed E-state index contributed by atoms with van der Waals surface area (Å²) in [5.41, 5.74) is 1.10. The molecule has 0 heterocycles. The summed E-state index contributed by atoms with van der Waals surface area (Å²) in [6.07, 6.45) is 1.95. The number of nitrogens with one attached hydrogen (secondary N) is 1. The highest BCUT2D eigenvalue weighted by atomic mass is 19.1. The number of ether oxygens (including phenoxy) is 1. The van der Waals surface area contributed by atoms with E-state index in [9.17, 15) is 4.39 Å². The first kappa shape index (κ1) is 13.1. The van der Waals surface area contributed by atoms with Crippen molar-refractivity contribution in [3.05, 3.63) is 35.6 Å². The Kier molecular flexibility index (Phi) is 6.04. The second kappa shape index (κ2) is 7.36. The van der Waals surface area contributed by atoms with Gasteiger partial charge in [0.05, 0.1) is 0 Å². The van der Waals surface area contributed by atoms with Crippen molar-refractivity contribution in [1.29, 1.82) is 0 Å². The topological polar surface area (TPSA) is 21.3 Å². The molecular formula is C13H20FNO. The molecule has 0 bridgehead atoms. The molecule has 3 heteroatoms. The fraction of sp³-hybridized carbons (Fsp3) is 0.538. The van der Waals surface area contributed by atoms with E-state index in [4.69, 9.17) is 4.74 Å². The molecule has 1 unspecified atom stereocenters. The van der Waals surface area contributed by atoms with Crippen molar-refractivity contribution in [3.8, 4) is 0 Å². The predicted molar refractivity (Wildman–Crippen MR) is 63.9 cm³/mol. The summed E-state index contributed by atoms with van der Waals surface area (Å²) >= 11 is 0. The monoisotopic (exact) mass is 225 g/mol. The van der Waals surface area contributed by atoms with Gasteiger partial charge in [0.1, 0.15) is 5.82 Å². The highest BCUT2D eigenvalue weighted by molar-refractivity contribution is 5.19. The smallest absolute Gasteiger partial charge is 0.123 e. The lowest BCUT2D eigenvalue weighted by Crippen LogP contribution is -2.18. The van der Waals surface area contributed by atoms with Crippen LogP contribution in [0.1, 0.15) is 31.4 Å². The van der Waals surface area contributed by atoms with Crippen molar-refractivity contribution in [2.24, 2.45) is 0 Å². The van der Waals surface area contributed by atoms with E-state index in [0.29, 0.717) is 0 Å². The first-order valence-corrected chi connectivity index (χ1v) is 5.78. The largest absolute Gasteiger partial charge is 0.381 e. The Bertz CT molecular complexity index is 286. The molecule has 90 valence electrons. The van der Waals surface area contributed by atoms with Gasteiger partial charge in [-0.15, -0.1) is 0 Å². The van der Waals surface area contributed by atoms with Gasteiger partial charge in [0.2, 0.25) is 0 Å². The molecule has 0 aliphatic carbocycles. The van der Waals surface area contributed by atoms with Crippen LogP contribution in [0.25, 0.3) is 0 Å². The van der Waals surface area contributed by atoms with Gasteiger partial charge in [-0.3, -0.25) is 0 Å². The second-order valence-electron chi connectivity index (χ2n) is 3.79. The van der Waals surface area contributed by atoms with E-state index in [-0.39, 0.29) is 11.9 Å². The van der Waals surface area contributed by atoms with Crippen molar-refractivity contribution >= 4 is 0 Å². The summed E-state index contributed by atoms with van der Waals surface area (Å²) in [5.74, 6) is -0.194. The minimum Gasteiger partial charge on any atom is -0.381 e. The maximum absolute atomic E-state index is 12.8. The molecule has 0 radical (unpaired) electrons. The van der Waals surface area contributed by atoms with E-state index in [1.807, 2.05) is 19.2 Å². The zero-order chi connectivity index (χ0) is 11.8. The Hall–Kier alpha value is -0.930. The first-order chi connectivity index (χ1) is 7.77. The third kappa shape index (κ3) is 4.29. The molecule has 1 aromatic rings. The zero-order valence-electron chi connectivity index (χ0n) is 10.0. The van der Waals surface area contributed by atoms with Crippen LogP contribution >= 0.6 is 0 Å². The molecule has 0 aliphatic rings. The molecule has 1 atom stereocenters. The Morgan fingerprint density at radius 1 is 1.25 bits per heavy atom. The molecule has 0 saturated carbocycles. The van der Waals surface area contributed by atoms with Gasteiger partial charge in [0.15, 0.2) is 0 Å². The average molecular weight is 225 g/mol. The maximum atomic E-state index is 12.8. The van der Waals surface area contributed by atoms with Crippen LogP contribution in [0.5, 0.6) is 0 Å². The number of rotatable bonds is 7. The third-order valence-electron chi connectivity index (χ3n) is 2.52. The van der Waals surface area contributed by atoms with Crippen molar-refractivity contribution in [2.45, 2.75) is 25.8 Å². The molecule has 16 heavy (non-hydrogen) atoms. The van der Waals surface area contributed by atoms with Gasteiger partial charge < -0.3 is 10.1 Å². The van der Waals surface area contributed by atoms with E-state index in [0.717, 1.165) is 31.6 Å². The van der Waals surface area contributed by atoms with Gasteiger partial charge in [-0.1, -0.05) is 19.1 Å². The molecule has 0 aliphatic heterocycles. The van der Waals surface area contributed by atoms with Crippen LogP contribution < -0.4 is 5.32 Å². The summed E-state index contributed by atoms with van der Waals surface area (Å²) in [4.78, 5) is 0. The lowest BCUT2D eigenvalue weighted by atomic mass is 10.0. The van der Waals surface area contributed by atoms with Crippen LogP contribution in [-0.4, -0.2) is 20.3 Å². The fourth-order valence-electron chi connectivity index (χ4n) is 1.62. The van der Waals surface area contributed by atoms with E-state index in [1.165, 1.54) is 12.1 Å². The molecule has 0 amide bonds. The average Bonchev–Trinajstić information content (AvgIpc) is 2.31. The molecule has 1 rings (SSSR count). The van der Waals surface area contributed by atoms with Crippen LogP contribution in [-0.2, 0) is 4.74 Å². The molecule has 1 N–H and O–H groups in total. The van der Waals surface area contributed by atoms with E-state index < -0.39 is 0 Å². The predicted octanol–water partition coefficient (Wildman–Crippen LogP) is 2.90. The molecule has 0 spiro atoms. The number of hydrogen-bond donors (Lipinski definition) is 1. The fourth-order valence-corrected chi connectivity index (χ4v) is 1.62. The van der Waals surface area contributed by atoms with Gasteiger partial charge >= 0.3 is 0 Å². The SMILES string of the molecule is CCCOCCC(NC)c1ccc(F)cc1. The van der Waals surface area contributed by atoms with Crippen molar-refractivity contribution in [1.82, 2.24) is 5.32 Å². The maximum Gasteiger partial charge on any atom is 0.123 e. The summed E-state index contributed by atoms with van der Waals surface area (Å²) < 4.78 is 18.2. The molecule has 0 aromatic heterocycles. The Morgan fingerprint density at radius 3 is 2.50 bits per heavy atom. The van der Waals surface area contributed by atoms with Gasteiger partial charge in [0, 0.05) is 19.3 Å². The molecule has 0 fully saturated rings. The second-order valence-corrected chi connectivity index (χ2v) is 3.79. The van der Waals surface area contributed by atoms with Crippen LogP contribution in [0.15, 0.2) is 24.3 Å². The third-order valence-corrected chi connectivity index (χ3v) is 2.52. The van der Waals surface area contributed by atoms with E-state index >= 15 is 0 Å². The zero-order valence-corrected chi connectivity index (χ0v) is 10.0. The van der Waals surface area contributed by atoms with Crippen molar-refractivity contribution in [3.63, 3.8) is 0 Å². The van der Waals surface area contributed by atoms with Crippen LogP contribution in [0.2, 0.25) is 0 Å². The number of hydrogen-bond acceptors (Lipinski definition) is 2. The quantitative estimate of drug-likeness (QED) is 0.720. The van der Waals surface area contributed by atoms with Crippen molar-refractivity contribution in [2.75, 3.05) is 20.3 Å². The summed E-state index contributed by atoms with van der Waals surface area (Å²) in [6, 6.07) is 6.85. The van der Waals surface area contributed by atoms with Gasteiger partial charge in [-0.2, -0.15) is 0 Å². The Morgan fingerprint density at radius 2 is 1.94 bits per heavy atom.